The zero-order valence-electron chi connectivity index (χ0n) is 43.8. The minimum atomic E-state index is 0.524. The predicted octanol–water partition coefficient (Wildman–Crippen LogP) is 19.6. The molecule has 0 atom stereocenters. The average molecular weight is 1080 g/mol. The summed E-state index contributed by atoms with van der Waals surface area (Å²) in [6.07, 6.45) is 0. The number of para-hydroxylation sites is 2. The smallest absolute Gasteiger partial charge is 0.238 e. The van der Waals surface area contributed by atoms with Crippen LogP contribution in [0.4, 0.5) is 0 Å². The monoisotopic (exact) mass is 1080 g/mol. The van der Waals surface area contributed by atoms with Crippen LogP contribution in [0.1, 0.15) is 0 Å². The first kappa shape index (κ1) is 46.5. The molecule has 0 fully saturated rings. The Balaban J connectivity index is 0.902. The lowest BCUT2D eigenvalue weighted by Crippen LogP contribution is -2.06. The zero-order chi connectivity index (χ0) is 53.8. The van der Waals surface area contributed by atoms with Crippen molar-refractivity contribution in [2.24, 2.45) is 0 Å². The Bertz CT molecular complexity index is 5190. The first-order valence-electron chi connectivity index (χ1n) is 27.4. The summed E-state index contributed by atoms with van der Waals surface area (Å²) in [7, 11) is 0. The van der Waals surface area contributed by atoms with Crippen molar-refractivity contribution in [2.75, 3.05) is 0 Å². The van der Waals surface area contributed by atoms with E-state index in [0.717, 1.165) is 99.5 Å². The van der Waals surface area contributed by atoms with Gasteiger partial charge in [-0.25, -0.2) is 15.0 Å². The fourth-order valence-corrected chi connectivity index (χ4v) is 14.4. The van der Waals surface area contributed by atoms with E-state index >= 15 is 0 Å². The van der Waals surface area contributed by atoms with E-state index in [1.165, 1.54) is 40.3 Å². The van der Waals surface area contributed by atoms with Crippen LogP contribution < -0.4 is 0 Å². The molecule has 0 bridgehead atoms. The molecule has 9 heteroatoms. The molecule has 382 valence electrons. The largest absolute Gasteiger partial charge is 0.278 e. The Labute approximate surface area is 478 Å². The maximum Gasteiger partial charge on any atom is 0.238 e. The van der Waals surface area contributed by atoms with E-state index in [2.05, 4.69) is 258 Å². The number of fused-ring (bicyclic) bond motifs is 13. The molecule has 0 aliphatic carbocycles. The van der Waals surface area contributed by atoms with E-state index in [-0.39, 0.29) is 0 Å². The summed E-state index contributed by atoms with van der Waals surface area (Å²) in [5, 5.41) is 9.29. The van der Waals surface area contributed by atoms with Crippen molar-refractivity contribution in [3.63, 3.8) is 0 Å². The van der Waals surface area contributed by atoms with Crippen molar-refractivity contribution >= 4 is 107 Å². The van der Waals surface area contributed by atoms with Gasteiger partial charge in [0.05, 0.1) is 33.5 Å². The number of hydrogen-bond donors (Lipinski definition) is 0. The Kier molecular flexibility index (Phi) is 10.5. The average Bonchev–Trinajstić information content (AvgIpc) is 2.48. The van der Waals surface area contributed by atoms with Crippen LogP contribution in [0, 0.1) is 0 Å². The van der Waals surface area contributed by atoms with Crippen molar-refractivity contribution in [2.45, 2.75) is 0 Å². The van der Waals surface area contributed by atoms with Crippen LogP contribution in [-0.4, -0.2) is 34.1 Å². The highest BCUT2D eigenvalue weighted by molar-refractivity contribution is 7.26. The lowest BCUT2D eigenvalue weighted by molar-refractivity contribution is 0.953. The topological polar surface area (TPSA) is 74.3 Å². The minimum absolute atomic E-state index is 0.524. The molecule has 0 spiro atoms. The van der Waals surface area contributed by atoms with E-state index in [0.29, 0.717) is 23.5 Å². The van der Waals surface area contributed by atoms with Crippen molar-refractivity contribution in [3.8, 4) is 79.4 Å². The van der Waals surface area contributed by atoms with Crippen molar-refractivity contribution in [1.29, 1.82) is 0 Å². The van der Waals surface area contributed by atoms with Crippen LogP contribution in [0.2, 0.25) is 0 Å². The second-order valence-corrected chi connectivity index (χ2v) is 23.0. The van der Waals surface area contributed by atoms with Crippen LogP contribution in [0.15, 0.2) is 261 Å². The summed E-state index contributed by atoms with van der Waals surface area (Å²) in [6, 6.07) is 92.7. The van der Waals surface area contributed by atoms with Gasteiger partial charge in [0.15, 0.2) is 11.6 Å². The number of nitrogens with zero attached hydrogens (tertiary/aromatic N) is 7. The number of rotatable bonds is 8. The molecular weight excluding hydrogens is 1040 g/mol. The molecule has 0 aliphatic heterocycles. The first-order valence-corrected chi connectivity index (χ1v) is 29.0. The third kappa shape index (κ3) is 7.51. The van der Waals surface area contributed by atoms with Gasteiger partial charge in [0.25, 0.3) is 0 Å². The molecule has 17 rings (SSSR count). The Morgan fingerprint density at radius 1 is 0.232 bits per heavy atom. The van der Waals surface area contributed by atoms with Gasteiger partial charge in [-0.1, -0.05) is 182 Å². The molecule has 0 unspecified atom stereocenters. The van der Waals surface area contributed by atoms with Crippen molar-refractivity contribution < 1.29 is 0 Å². The third-order valence-electron chi connectivity index (χ3n) is 16.0. The van der Waals surface area contributed by atoms with Gasteiger partial charge >= 0.3 is 0 Å². The molecule has 0 radical (unpaired) electrons. The maximum absolute atomic E-state index is 5.59. The van der Waals surface area contributed by atoms with Crippen LogP contribution >= 0.6 is 22.7 Å². The van der Waals surface area contributed by atoms with Crippen LogP contribution in [0.5, 0.6) is 0 Å². The fraction of sp³-hybridized carbons (Fsp3) is 0. The van der Waals surface area contributed by atoms with E-state index in [9.17, 15) is 0 Å². The van der Waals surface area contributed by atoms with E-state index < -0.39 is 0 Å². The molecule has 0 saturated heterocycles. The van der Waals surface area contributed by atoms with E-state index in [4.69, 9.17) is 24.9 Å². The van der Waals surface area contributed by atoms with Gasteiger partial charge in [-0.3, -0.25) is 9.13 Å². The first-order chi connectivity index (χ1) is 40.6. The molecule has 17 aromatic rings. The summed E-state index contributed by atoms with van der Waals surface area (Å²) in [6.45, 7) is 0. The highest BCUT2D eigenvalue weighted by atomic mass is 32.1. The van der Waals surface area contributed by atoms with Gasteiger partial charge < -0.3 is 0 Å². The van der Waals surface area contributed by atoms with Gasteiger partial charge in [-0.05, 0) is 101 Å². The second-order valence-electron chi connectivity index (χ2n) is 20.8. The highest BCUT2D eigenvalue weighted by Crippen LogP contribution is 2.44. The summed E-state index contributed by atoms with van der Waals surface area (Å²) >= 11 is 3.65. The highest BCUT2D eigenvalue weighted by Gasteiger charge is 2.25. The SMILES string of the molecule is c1ccc(-c2cccc(-c3nc(-c4cccc(-c5ccccc5)c4)nc(-n4c5ccccc5c5c6c7ccccc7n(-c7nc(-c8ccc9sc%10ccccc%10c9c8)cc(-c8ccc9sc%10ccccc%10c9c8)n7)c6ccc54)n3)c2)cc1. The van der Waals surface area contributed by atoms with Crippen LogP contribution in [0.3, 0.4) is 0 Å². The van der Waals surface area contributed by atoms with Gasteiger partial charge in [0.2, 0.25) is 11.9 Å². The third-order valence-corrected chi connectivity index (χ3v) is 18.3. The fourth-order valence-electron chi connectivity index (χ4n) is 12.2. The van der Waals surface area contributed by atoms with Crippen LogP contribution in [-0.2, 0) is 0 Å². The quantitative estimate of drug-likeness (QED) is 0.152. The van der Waals surface area contributed by atoms with Gasteiger partial charge in [0.1, 0.15) is 0 Å². The van der Waals surface area contributed by atoms with Gasteiger partial charge in [0, 0.05) is 84.1 Å². The Hall–Kier alpha value is -10.5. The lowest BCUT2D eigenvalue weighted by Gasteiger charge is -2.13. The molecule has 0 saturated carbocycles. The number of aromatic nitrogens is 7. The Morgan fingerprint density at radius 3 is 1.11 bits per heavy atom. The normalized spacial score (nSPS) is 11.9. The molecule has 7 nitrogen and oxygen atoms in total. The van der Waals surface area contributed by atoms with Crippen LogP contribution in [0.25, 0.3) is 163 Å². The summed E-state index contributed by atoms with van der Waals surface area (Å²) in [4.78, 5) is 27.4. The van der Waals surface area contributed by atoms with Gasteiger partial charge in [-0.2, -0.15) is 9.97 Å². The number of thiophene rings is 2. The minimum Gasteiger partial charge on any atom is -0.278 e. The molecule has 0 aliphatic rings. The second kappa shape index (κ2) is 18.6. The summed E-state index contributed by atoms with van der Waals surface area (Å²) < 4.78 is 9.52. The zero-order valence-corrected chi connectivity index (χ0v) is 45.4. The molecule has 0 N–H and O–H groups in total. The number of hydrogen-bond acceptors (Lipinski definition) is 7. The molecule has 6 heterocycles. The summed E-state index contributed by atoms with van der Waals surface area (Å²) in [5.74, 6) is 2.28. The van der Waals surface area contributed by atoms with E-state index in [1.54, 1.807) is 0 Å². The standard InChI is InChI=1S/C73H43N7S2/c1-3-17-44(18-4-1)46-21-15-23-50(39-46)70-76-71(51-24-16-22-47(40-51)45-19-5-2-6-20-45)78-73(77-70)80-61-30-12-8-28-55(61)69-63(80)36-35-62-68(69)54-27-7-11-29-60(54)79(62)72-74-58(48-33-37-66-56(41-48)52-25-9-13-31-64(52)81-66)43-59(75-72)49-34-38-67-57(42-49)53-26-10-14-32-65(53)82-67/h1-43H. The lowest BCUT2D eigenvalue weighted by atomic mass is 10.0. The maximum atomic E-state index is 5.59. The van der Waals surface area contributed by atoms with Crippen molar-refractivity contribution in [3.05, 3.63) is 261 Å². The molecule has 11 aromatic carbocycles. The molecule has 0 amide bonds. The summed E-state index contributed by atoms with van der Waals surface area (Å²) in [5.41, 5.74) is 13.9. The molecule has 6 aromatic heterocycles. The molecule has 82 heavy (non-hydrogen) atoms. The Morgan fingerprint density at radius 2 is 0.622 bits per heavy atom. The predicted molar refractivity (Wildman–Crippen MR) is 342 cm³/mol. The number of benzene rings is 11. The van der Waals surface area contributed by atoms with Gasteiger partial charge in [-0.15, -0.1) is 22.7 Å². The van der Waals surface area contributed by atoms with Crippen molar-refractivity contribution in [1.82, 2.24) is 34.1 Å². The molecular formula is C73H43N7S2. The van der Waals surface area contributed by atoms with E-state index in [1.807, 2.05) is 34.8 Å².